The van der Waals surface area contributed by atoms with Gasteiger partial charge in [-0.2, -0.15) is 0 Å². The van der Waals surface area contributed by atoms with Crippen molar-refractivity contribution in [1.82, 2.24) is 0 Å². The predicted molar refractivity (Wildman–Crippen MR) is 60.6 cm³/mol. The van der Waals surface area contributed by atoms with Gasteiger partial charge in [-0.1, -0.05) is 0 Å². The second-order valence-electron chi connectivity index (χ2n) is 3.34. The standard InChI is InChI=1S/C13H11O3/c1-16-11-5-2-9(3-6-11)12-7-4-10(14)8-13(12)15/h2,4-8,14-15H,1H3. The van der Waals surface area contributed by atoms with Gasteiger partial charge >= 0.3 is 0 Å². The van der Waals surface area contributed by atoms with Gasteiger partial charge < -0.3 is 14.9 Å². The number of aromatic hydroxyl groups is 2. The summed E-state index contributed by atoms with van der Waals surface area (Å²) in [6.07, 6.45) is 0. The molecule has 0 aliphatic carbocycles. The van der Waals surface area contributed by atoms with E-state index in [1.807, 2.05) is 0 Å². The summed E-state index contributed by atoms with van der Waals surface area (Å²) in [6.45, 7) is 0. The molecule has 0 saturated carbocycles. The van der Waals surface area contributed by atoms with Crippen molar-refractivity contribution in [2.45, 2.75) is 0 Å². The molecule has 2 aromatic rings. The molecule has 0 atom stereocenters. The van der Waals surface area contributed by atoms with Crippen LogP contribution in [0.5, 0.6) is 17.2 Å². The first kappa shape index (κ1) is 10.4. The van der Waals surface area contributed by atoms with Gasteiger partial charge in [-0.25, -0.2) is 0 Å². The van der Waals surface area contributed by atoms with Gasteiger partial charge in [0.15, 0.2) is 0 Å². The Labute approximate surface area is 93.6 Å². The van der Waals surface area contributed by atoms with Gasteiger partial charge in [0.1, 0.15) is 17.2 Å². The Hall–Kier alpha value is -2.16. The summed E-state index contributed by atoms with van der Waals surface area (Å²) in [5.74, 6) is 0.776. The summed E-state index contributed by atoms with van der Waals surface area (Å²) in [6, 6.07) is 12.7. The first-order chi connectivity index (χ1) is 7.70. The van der Waals surface area contributed by atoms with E-state index >= 15 is 0 Å². The molecule has 81 valence electrons. The normalized spacial score (nSPS) is 10.1. The fourth-order valence-electron chi connectivity index (χ4n) is 1.45. The van der Waals surface area contributed by atoms with Crippen molar-refractivity contribution in [2.75, 3.05) is 7.11 Å². The first-order valence-corrected chi connectivity index (χ1v) is 4.79. The molecule has 0 heterocycles. The highest BCUT2D eigenvalue weighted by Gasteiger charge is 2.05. The predicted octanol–water partition coefficient (Wildman–Crippen LogP) is 2.57. The van der Waals surface area contributed by atoms with E-state index in [1.165, 1.54) is 12.1 Å². The zero-order chi connectivity index (χ0) is 11.5. The molecule has 0 aromatic heterocycles. The van der Waals surface area contributed by atoms with Crippen molar-refractivity contribution < 1.29 is 14.9 Å². The first-order valence-electron chi connectivity index (χ1n) is 4.79. The molecular formula is C13H11O3. The summed E-state index contributed by atoms with van der Waals surface area (Å²) >= 11 is 0. The number of ether oxygens (including phenoxy) is 1. The van der Waals surface area contributed by atoms with Gasteiger partial charge in [0.2, 0.25) is 0 Å². The van der Waals surface area contributed by atoms with E-state index in [4.69, 9.17) is 4.74 Å². The van der Waals surface area contributed by atoms with E-state index < -0.39 is 0 Å². The molecule has 2 aromatic carbocycles. The molecule has 0 bridgehead atoms. The molecular weight excluding hydrogens is 204 g/mol. The average molecular weight is 215 g/mol. The van der Waals surface area contributed by atoms with Crippen LogP contribution >= 0.6 is 0 Å². The molecule has 0 amide bonds. The minimum absolute atomic E-state index is 0.0291. The van der Waals surface area contributed by atoms with Gasteiger partial charge in [-0.3, -0.25) is 0 Å². The number of rotatable bonds is 2. The van der Waals surface area contributed by atoms with Crippen molar-refractivity contribution >= 4 is 0 Å². The molecule has 2 N–H and O–H groups in total. The minimum atomic E-state index is 0.0291. The van der Waals surface area contributed by atoms with Crippen LogP contribution in [0.2, 0.25) is 0 Å². The van der Waals surface area contributed by atoms with E-state index in [-0.39, 0.29) is 11.5 Å². The van der Waals surface area contributed by atoms with Gasteiger partial charge in [-0.15, -0.1) is 0 Å². The quantitative estimate of drug-likeness (QED) is 0.809. The number of benzene rings is 2. The number of hydrogen-bond acceptors (Lipinski definition) is 3. The largest absolute Gasteiger partial charge is 0.508 e. The maximum Gasteiger partial charge on any atom is 0.127 e. The molecule has 0 spiro atoms. The third kappa shape index (κ3) is 1.93. The van der Waals surface area contributed by atoms with Crippen LogP contribution in [-0.2, 0) is 0 Å². The Morgan fingerprint density at radius 1 is 1.12 bits per heavy atom. The van der Waals surface area contributed by atoms with Gasteiger partial charge in [0.25, 0.3) is 0 Å². The summed E-state index contributed by atoms with van der Waals surface area (Å²) in [4.78, 5) is 0. The zero-order valence-electron chi connectivity index (χ0n) is 8.77. The van der Waals surface area contributed by atoms with Crippen LogP contribution in [0, 0.1) is 6.07 Å². The molecule has 1 radical (unpaired) electrons. The number of methoxy groups -OCH3 is 1. The number of phenols is 2. The highest BCUT2D eigenvalue weighted by Crippen LogP contribution is 2.32. The maximum atomic E-state index is 9.66. The summed E-state index contributed by atoms with van der Waals surface area (Å²) in [7, 11) is 1.58. The van der Waals surface area contributed by atoms with Crippen LogP contribution in [0.25, 0.3) is 11.1 Å². The zero-order valence-corrected chi connectivity index (χ0v) is 8.77. The second kappa shape index (κ2) is 4.14. The Morgan fingerprint density at radius 2 is 1.94 bits per heavy atom. The Morgan fingerprint density at radius 3 is 2.50 bits per heavy atom. The van der Waals surface area contributed by atoms with Crippen LogP contribution in [-0.4, -0.2) is 17.3 Å². The molecule has 3 nitrogen and oxygen atoms in total. The van der Waals surface area contributed by atoms with Crippen molar-refractivity contribution in [1.29, 1.82) is 0 Å². The summed E-state index contributed by atoms with van der Waals surface area (Å²) in [5.41, 5.74) is 1.37. The maximum absolute atomic E-state index is 9.66. The van der Waals surface area contributed by atoms with Gasteiger partial charge in [0, 0.05) is 11.6 Å². The molecule has 0 saturated heterocycles. The SMILES string of the molecule is COc1c[c]c(-c2ccc(O)cc2O)cc1. The van der Waals surface area contributed by atoms with E-state index in [0.29, 0.717) is 11.3 Å². The van der Waals surface area contributed by atoms with E-state index in [2.05, 4.69) is 6.07 Å². The fraction of sp³-hybridized carbons (Fsp3) is 0.0769. The summed E-state index contributed by atoms with van der Waals surface area (Å²) < 4.78 is 5.02. The highest BCUT2D eigenvalue weighted by molar-refractivity contribution is 5.70. The lowest BCUT2D eigenvalue weighted by Crippen LogP contribution is -1.83. The lowest BCUT2D eigenvalue weighted by molar-refractivity contribution is 0.414. The highest BCUT2D eigenvalue weighted by atomic mass is 16.5. The van der Waals surface area contributed by atoms with Gasteiger partial charge in [0.05, 0.1) is 7.11 Å². The third-order valence-electron chi connectivity index (χ3n) is 2.29. The number of phenolic OH excluding ortho intramolecular Hbond substituents is 2. The van der Waals surface area contributed by atoms with E-state index in [9.17, 15) is 10.2 Å². The van der Waals surface area contributed by atoms with Crippen LogP contribution in [0.1, 0.15) is 0 Å². The van der Waals surface area contributed by atoms with Crippen LogP contribution in [0.4, 0.5) is 0 Å². The van der Waals surface area contributed by atoms with E-state index in [0.717, 1.165) is 5.56 Å². The summed E-state index contributed by atoms with van der Waals surface area (Å²) in [5, 5.41) is 18.8. The number of hydrogen-bond donors (Lipinski definition) is 2. The fourth-order valence-corrected chi connectivity index (χ4v) is 1.45. The van der Waals surface area contributed by atoms with Crippen LogP contribution < -0.4 is 4.74 Å². The van der Waals surface area contributed by atoms with Crippen molar-refractivity contribution in [2.24, 2.45) is 0 Å². The van der Waals surface area contributed by atoms with Crippen LogP contribution in [0.15, 0.2) is 36.4 Å². The Kier molecular flexibility index (Phi) is 2.68. The Bertz CT molecular complexity index is 489. The molecule has 2 rings (SSSR count). The van der Waals surface area contributed by atoms with Gasteiger partial charge in [-0.05, 0) is 42.0 Å². The molecule has 0 fully saturated rings. The van der Waals surface area contributed by atoms with Crippen molar-refractivity contribution in [3.63, 3.8) is 0 Å². The van der Waals surface area contributed by atoms with Crippen LogP contribution in [0.3, 0.4) is 0 Å². The molecule has 3 heteroatoms. The minimum Gasteiger partial charge on any atom is -0.508 e. The molecule has 0 aliphatic rings. The average Bonchev–Trinajstić information content (AvgIpc) is 2.29. The monoisotopic (exact) mass is 215 g/mol. The van der Waals surface area contributed by atoms with Crippen molar-refractivity contribution in [3.05, 3.63) is 42.5 Å². The van der Waals surface area contributed by atoms with E-state index in [1.54, 1.807) is 31.4 Å². The lowest BCUT2D eigenvalue weighted by Gasteiger charge is -2.05. The van der Waals surface area contributed by atoms with Crippen molar-refractivity contribution in [3.8, 4) is 28.4 Å². The second-order valence-corrected chi connectivity index (χ2v) is 3.34. The third-order valence-corrected chi connectivity index (χ3v) is 2.29. The molecule has 0 aliphatic heterocycles. The smallest absolute Gasteiger partial charge is 0.127 e. The molecule has 16 heavy (non-hydrogen) atoms. The lowest BCUT2D eigenvalue weighted by atomic mass is 10.0. The molecule has 0 unspecified atom stereocenters. The Balaban J connectivity index is 2.42. The topological polar surface area (TPSA) is 49.7 Å².